The number of carboxylic acids is 1. The smallest absolute Gasteiger partial charge is 0.335 e. The van der Waals surface area contributed by atoms with E-state index in [-0.39, 0.29) is 41.3 Å². The molecule has 0 radical (unpaired) electrons. The molecule has 0 aliphatic rings. The zero-order chi connectivity index (χ0) is 31.5. The first-order chi connectivity index (χ1) is 21.8. The molecule has 0 aliphatic carbocycles. The summed E-state index contributed by atoms with van der Waals surface area (Å²) in [6, 6.07) is 13.1. The molecule has 6 aromatic rings. The van der Waals surface area contributed by atoms with Crippen molar-refractivity contribution in [2.75, 3.05) is 13.7 Å². The third-order valence-electron chi connectivity index (χ3n) is 7.03. The lowest BCUT2D eigenvalue weighted by Crippen LogP contribution is -2.10. The maximum atomic E-state index is 15.5. The maximum absolute atomic E-state index is 15.5. The number of hydrogen-bond donors (Lipinski definition) is 1. The van der Waals surface area contributed by atoms with Gasteiger partial charge in [0.2, 0.25) is 5.88 Å². The first-order valence-corrected chi connectivity index (χ1v) is 14.0. The molecule has 0 fully saturated rings. The second-order valence-corrected chi connectivity index (χ2v) is 10.3. The minimum Gasteiger partial charge on any atom is -0.478 e. The summed E-state index contributed by atoms with van der Waals surface area (Å²) < 4.78 is 45.1. The average molecular weight is 632 g/mol. The molecule has 0 aliphatic heterocycles. The van der Waals surface area contributed by atoms with Crippen LogP contribution in [0.3, 0.4) is 0 Å². The van der Waals surface area contributed by atoms with Crippen LogP contribution in [0.5, 0.6) is 5.88 Å². The highest BCUT2D eigenvalue weighted by molar-refractivity contribution is 6.31. The second-order valence-electron chi connectivity index (χ2n) is 9.91. The summed E-state index contributed by atoms with van der Waals surface area (Å²) in [6.45, 7) is 0.692. The molecule has 0 spiro atoms. The van der Waals surface area contributed by atoms with E-state index in [0.29, 0.717) is 46.4 Å². The largest absolute Gasteiger partial charge is 0.478 e. The number of carboxylic acid groups (broad SMARTS) is 1. The van der Waals surface area contributed by atoms with Crippen molar-refractivity contribution in [2.24, 2.45) is 0 Å². The monoisotopic (exact) mass is 631 g/mol. The lowest BCUT2D eigenvalue weighted by molar-refractivity contribution is 0.0697. The van der Waals surface area contributed by atoms with Crippen LogP contribution in [0.15, 0.2) is 73.2 Å². The fourth-order valence-corrected chi connectivity index (χ4v) is 4.97. The number of aromatic carboxylic acids is 1. The van der Waals surface area contributed by atoms with Crippen LogP contribution in [0.4, 0.5) is 8.78 Å². The van der Waals surface area contributed by atoms with E-state index in [2.05, 4.69) is 25.3 Å². The van der Waals surface area contributed by atoms with Gasteiger partial charge in [0.25, 0.3) is 0 Å². The van der Waals surface area contributed by atoms with Gasteiger partial charge in [-0.15, -0.1) is 5.10 Å². The summed E-state index contributed by atoms with van der Waals surface area (Å²) in [5.41, 5.74) is 1.98. The van der Waals surface area contributed by atoms with Gasteiger partial charge in [0.05, 0.1) is 46.3 Å². The van der Waals surface area contributed by atoms with E-state index in [9.17, 15) is 9.90 Å². The summed E-state index contributed by atoms with van der Waals surface area (Å²) in [4.78, 5) is 24.8. The van der Waals surface area contributed by atoms with Crippen molar-refractivity contribution in [1.29, 1.82) is 0 Å². The van der Waals surface area contributed by atoms with E-state index in [0.717, 1.165) is 12.1 Å². The van der Waals surface area contributed by atoms with Gasteiger partial charge in [0.1, 0.15) is 24.1 Å². The van der Waals surface area contributed by atoms with Crippen LogP contribution in [0.25, 0.3) is 28.1 Å². The minimum absolute atomic E-state index is 0.0355. The topological polar surface area (TPSA) is 130 Å². The molecule has 45 heavy (non-hydrogen) atoms. The van der Waals surface area contributed by atoms with Gasteiger partial charge in [-0.05, 0) is 42.0 Å². The van der Waals surface area contributed by atoms with Gasteiger partial charge in [-0.2, -0.15) is 0 Å². The Morgan fingerprint density at radius 2 is 1.91 bits per heavy atom. The molecule has 0 bridgehead atoms. The highest BCUT2D eigenvalue weighted by Crippen LogP contribution is 2.29. The minimum atomic E-state index is -1.08. The predicted molar refractivity (Wildman–Crippen MR) is 159 cm³/mol. The molecule has 0 unspecified atom stereocenters. The summed E-state index contributed by atoms with van der Waals surface area (Å²) in [5.74, 6) is -1.31. The van der Waals surface area contributed by atoms with Crippen LogP contribution < -0.4 is 4.74 Å². The molecule has 0 atom stereocenters. The first-order valence-electron chi connectivity index (χ1n) is 13.6. The fourth-order valence-electron chi connectivity index (χ4n) is 4.77. The van der Waals surface area contributed by atoms with Crippen molar-refractivity contribution in [3.8, 4) is 23.0 Å². The Hall–Kier alpha value is -5.27. The van der Waals surface area contributed by atoms with Gasteiger partial charge in [-0.1, -0.05) is 22.9 Å². The SMILES string of the molecule is COCCn1c(Cc2cc(F)c(-c3cccc(OCc4cnc(-n5ccnn5)cc4Cl)n3)cc2F)nc2ccc(C(=O)O)cc21. The van der Waals surface area contributed by atoms with Crippen LogP contribution in [-0.4, -0.2) is 59.3 Å². The normalized spacial score (nSPS) is 11.3. The number of aromatic nitrogens is 7. The molecule has 0 amide bonds. The van der Waals surface area contributed by atoms with Crippen LogP contribution in [-0.2, 0) is 24.3 Å². The maximum Gasteiger partial charge on any atom is 0.335 e. The second kappa shape index (κ2) is 12.8. The van der Waals surface area contributed by atoms with Gasteiger partial charge in [0.15, 0.2) is 5.82 Å². The Morgan fingerprint density at radius 3 is 2.67 bits per heavy atom. The van der Waals surface area contributed by atoms with Gasteiger partial charge in [0, 0.05) is 49.5 Å². The van der Waals surface area contributed by atoms with E-state index < -0.39 is 17.6 Å². The Bertz CT molecular complexity index is 2020. The predicted octanol–water partition coefficient (Wildman–Crippen LogP) is 5.52. The number of fused-ring (bicyclic) bond motifs is 1. The van der Waals surface area contributed by atoms with Crippen molar-refractivity contribution in [2.45, 2.75) is 19.6 Å². The number of methoxy groups -OCH3 is 1. The molecule has 14 heteroatoms. The van der Waals surface area contributed by atoms with E-state index >= 15 is 8.78 Å². The molecular weight excluding hydrogens is 608 g/mol. The summed E-state index contributed by atoms with van der Waals surface area (Å²) in [7, 11) is 1.54. The Labute approximate surface area is 259 Å². The van der Waals surface area contributed by atoms with E-state index in [4.69, 9.17) is 21.1 Å². The van der Waals surface area contributed by atoms with Gasteiger partial charge >= 0.3 is 5.97 Å². The van der Waals surface area contributed by atoms with E-state index in [1.165, 1.54) is 30.1 Å². The molecule has 4 aromatic heterocycles. The van der Waals surface area contributed by atoms with Crippen molar-refractivity contribution in [1.82, 2.24) is 34.5 Å². The van der Waals surface area contributed by atoms with Crippen LogP contribution >= 0.6 is 11.6 Å². The Kier molecular flexibility index (Phi) is 8.45. The molecule has 2 aromatic carbocycles. The molecule has 0 saturated carbocycles. The standard InChI is InChI=1S/C31H24ClF2N7O4/c1-44-10-9-40-27-12-18(31(42)43)5-6-26(27)37-29(40)13-19-11-24(34)21(14-23(19)33)25-3-2-4-30(38-25)45-17-20-16-35-28(15-22(20)32)41-8-7-36-39-41/h2-8,11-12,14-16H,9-10,13,17H2,1H3,(H,42,43). The van der Waals surface area contributed by atoms with Gasteiger partial charge in [-0.3, -0.25) is 0 Å². The van der Waals surface area contributed by atoms with Crippen molar-refractivity contribution >= 4 is 28.6 Å². The zero-order valence-corrected chi connectivity index (χ0v) is 24.4. The lowest BCUT2D eigenvalue weighted by atomic mass is 10.0. The molecule has 0 saturated heterocycles. The van der Waals surface area contributed by atoms with Crippen molar-refractivity contribution in [3.05, 3.63) is 112 Å². The number of carbonyl (C=O) groups is 1. The number of imidazole rings is 1. The van der Waals surface area contributed by atoms with Crippen LogP contribution in [0, 0.1) is 11.6 Å². The summed E-state index contributed by atoms with van der Waals surface area (Å²) in [6.07, 6.45) is 4.67. The average Bonchev–Trinajstić information content (AvgIpc) is 3.69. The molecular formula is C31H24ClF2N7O4. The van der Waals surface area contributed by atoms with Gasteiger partial charge < -0.3 is 19.1 Å². The van der Waals surface area contributed by atoms with E-state index in [1.54, 1.807) is 47.3 Å². The quantitative estimate of drug-likeness (QED) is 0.196. The Morgan fingerprint density at radius 1 is 1.04 bits per heavy atom. The number of halogens is 3. The lowest BCUT2D eigenvalue weighted by Gasteiger charge is -2.12. The first kappa shape index (κ1) is 29.8. The number of benzene rings is 2. The number of rotatable bonds is 11. The van der Waals surface area contributed by atoms with Crippen molar-refractivity contribution in [3.63, 3.8) is 0 Å². The van der Waals surface area contributed by atoms with Gasteiger partial charge in [-0.25, -0.2) is 33.2 Å². The third kappa shape index (κ3) is 6.35. The van der Waals surface area contributed by atoms with Crippen LogP contribution in [0.2, 0.25) is 5.02 Å². The molecule has 228 valence electrons. The molecule has 4 heterocycles. The van der Waals surface area contributed by atoms with Crippen LogP contribution in [0.1, 0.15) is 27.3 Å². The highest BCUT2D eigenvalue weighted by Gasteiger charge is 2.19. The van der Waals surface area contributed by atoms with Crippen molar-refractivity contribution < 1.29 is 28.2 Å². The summed E-state index contributed by atoms with van der Waals surface area (Å²) in [5, 5.41) is 17.4. The zero-order valence-electron chi connectivity index (χ0n) is 23.7. The number of pyridine rings is 2. The summed E-state index contributed by atoms with van der Waals surface area (Å²) >= 11 is 6.40. The number of ether oxygens (including phenoxy) is 2. The third-order valence-corrected chi connectivity index (χ3v) is 7.38. The number of nitrogens with zero attached hydrogens (tertiary/aromatic N) is 7. The fraction of sp³-hybridized carbons (Fsp3) is 0.161. The molecule has 6 rings (SSSR count). The Balaban J connectivity index is 1.22. The number of hydrogen-bond acceptors (Lipinski definition) is 8. The van der Waals surface area contributed by atoms with E-state index in [1.807, 2.05) is 0 Å². The molecule has 11 nitrogen and oxygen atoms in total. The molecule has 1 N–H and O–H groups in total. The highest BCUT2D eigenvalue weighted by atomic mass is 35.5.